The molecule has 0 fully saturated rings. The highest BCUT2D eigenvalue weighted by Crippen LogP contribution is 1.95. The first-order valence-electron chi connectivity index (χ1n) is 9.22. The summed E-state index contributed by atoms with van der Waals surface area (Å²) in [6.07, 6.45) is 0.457. The number of nitrogens with two attached hydrogens (primary N) is 1. The van der Waals surface area contributed by atoms with Crippen molar-refractivity contribution in [1.82, 2.24) is 10.6 Å². The fraction of sp³-hybridized carbons (Fsp3) is 0.667. The Hall–Kier alpha value is -2.50. The topological polar surface area (TPSA) is 171 Å². The van der Waals surface area contributed by atoms with E-state index in [1.807, 2.05) is 0 Å². The molecule has 0 aliphatic carbocycles. The minimum atomic E-state index is -0.464. The Labute approximate surface area is 169 Å². The van der Waals surface area contributed by atoms with E-state index in [0.29, 0.717) is 13.0 Å². The molecule has 0 aliphatic heterocycles. The van der Waals surface area contributed by atoms with Crippen molar-refractivity contribution in [3.8, 4) is 0 Å². The normalized spacial score (nSPS) is 10.3. The van der Waals surface area contributed by atoms with Crippen LogP contribution < -0.4 is 16.5 Å². The fourth-order valence-corrected chi connectivity index (χ4v) is 2.03. The zero-order chi connectivity index (χ0) is 22.1. The van der Waals surface area contributed by atoms with Crippen LogP contribution in [0.25, 0.3) is 0 Å². The number of carbonyl (C=O) groups excluding carboxylic acids is 6. The van der Waals surface area contributed by atoms with Crippen LogP contribution >= 0.6 is 0 Å². The average molecular weight is 415 g/mol. The van der Waals surface area contributed by atoms with Gasteiger partial charge in [-0.1, -0.05) is 0 Å². The Kier molecular flexibility index (Phi) is 15.0. The highest BCUT2D eigenvalue weighted by atomic mass is 16.6. The van der Waals surface area contributed by atoms with Gasteiger partial charge in [0.15, 0.2) is 23.1 Å². The minimum absolute atomic E-state index is 0.0272. The summed E-state index contributed by atoms with van der Waals surface area (Å²) in [5.74, 6) is 2.97. The van der Waals surface area contributed by atoms with E-state index in [1.165, 1.54) is 6.92 Å². The molecule has 11 nitrogen and oxygen atoms in total. The first-order chi connectivity index (χ1) is 13.7. The molecule has 0 saturated carbocycles. The Bertz CT molecular complexity index is 592. The predicted molar refractivity (Wildman–Crippen MR) is 100 cm³/mol. The highest BCUT2D eigenvalue weighted by Gasteiger charge is 2.11. The van der Waals surface area contributed by atoms with Gasteiger partial charge in [-0.05, 0) is 13.3 Å². The number of Topliss-reactive ketones (excluding diaryl/α,β-unsaturated/α-hetero) is 4. The number of rotatable bonds is 18. The molecule has 164 valence electrons. The van der Waals surface area contributed by atoms with Gasteiger partial charge in [-0.15, -0.1) is 0 Å². The molecule has 0 radical (unpaired) electrons. The number of hydrogen-bond acceptors (Lipinski definition) is 9. The van der Waals surface area contributed by atoms with Crippen LogP contribution in [0.4, 0.5) is 0 Å². The lowest BCUT2D eigenvalue weighted by Gasteiger charge is -2.06. The van der Waals surface area contributed by atoms with Crippen LogP contribution in [0.2, 0.25) is 0 Å². The molecule has 0 bridgehead atoms. The summed E-state index contributed by atoms with van der Waals surface area (Å²) in [4.78, 5) is 72.4. The van der Waals surface area contributed by atoms with Crippen molar-refractivity contribution in [2.45, 2.75) is 45.4 Å². The van der Waals surface area contributed by atoms with Crippen molar-refractivity contribution >= 4 is 34.9 Å². The van der Waals surface area contributed by atoms with Crippen LogP contribution in [0.1, 0.15) is 45.4 Å². The van der Waals surface area contributed by atoms with Gasteiger partial charge in [-0.25, -0.2) is 5.90 Å². The lowest BCUT2D eigenvalue weighted by Crippen LogP contribution is -2.31. The maximum atomic E-state index is 11.7. The maximum Gasteiger partial charge on any atom is 0.220 e. The summed E-state index contributed by atoms with van der Waals surface area (Å²) in [5.41, 5.74) is 0. The molecule has 0 aromatic carbocycles. The van der Waals surface area contributed by atoms with E-state index >= 15 is 0 Å². The first kappa shape index (κ1) is 26.5. The molecule has 0 spiro atoms. The number of hydrogen-bond donors (Lipinski definition) is 3. The smallest absolute Gasteiger partial charge is 0.220 e. The van der Waals surface area contributed by atoms with Crippen LogP contribution in [0, 0.1) is 0 Å². The van der Waals surface area contributed by atoms with Crippen LogP contribution in [0.15, 0.2) is 0 Å². The van der Waals surface area contributed by atoms with E-state index in [9.17, 15) is 28.8 Å². The number of carbonyl (C=O) groups is 6. The maximum absolute atomic E-state index is 11.7. The zero-order valence-electron chi connectivity index (χ0n) is 16.6. The monoisotopic (exact) mass is 415 g/mol. The van der Waals surface area contributed by atoms with Crippen LogP contribution in [-0.4, -0.2) is 67.9 Å². The molecule has 0 aliphatic rings. The van der Waals surface area contributed by atoms with E-state index in [-0.39, 0.29) is 87.5 Å². The standard InChI is InChI=1S/C18H29N3O8/c1-13(22)10-28-11-16(25)5-7-18(27)21-9-14(23)4-6-17(26)20-8-2-3-15(24)12-29-19/h2-12,19H2,1H3,(H,20,26)(H,21,27). The molecule has 4 N–H and O–H groups in total. The van der Waals surface area contributed by atoms with E-state index in [0.717, 1.165) is 0 Å². The number of nitrogens with one attached hydrogen (secondary N) is 2. The summed E-state index contributed by atoms with van der Waals surface area (Å²) in [7, 11) is 0. The number of ketones is 4. The third kappa shape index (κ3) is 17.3. The second-order valence-corrected chi connectivity index (χ2v) is 6.35. The van der Waals surface area contributed by atoms with Gasteiger partial charge in [0.2, 0.25) is 11.8 Å². The van der Waals surface area contributed by atoms with E-state index in [4.69, 9.17) is 10.6 Å². The van der Waals surface area contributed by atoms with Crippen molar-refractivity contribution in [1.29, 1.82) is 0 Å². The molecule has 0 saturated heterocycles. The number of amides is 2. The third-order valence-electron chi connectivity index (χ3n) is 3.51. The lowest BCUT2D eigenvalue weighted by molar-refractivity contribution is -0.130. The first-order valence-corrected chi connectivity index (χ1v) is 9.22. The molecule has 2 amide bonds. The molecular weight excluding hydrogens is 386 g/mol. The van der Waals surface area contributed by atoms with Gasteiger partial charge in [0.1, 0.15) is 19.8 Å². The quantitative estimate of drug-likeness (QED) is 0.183. The molecule has 0 heterocycles. The Balaban J connectivity index is 3.75. The molecule has 29 heavy (non-hydrogen) atoms. The van der Waals surface area contributed by atoms with Crippen molar-refractivity contribution < 1.29 is 38.3 Å². The van der Waals surface area contributed by atoms with Crippen LogP contribution in [0.5, 0.6) is 0 Å². The summed E-state index contributed by atoms with van der Waals surface area (Å²) in [5, 5.41) is 4.97. The highest BCUT2D eigenvalue weighted by molar-refractivity contribution is 5.90. The van der Waals surface area contributed by atoms with Crippen LogP contribution in [0.3, 0.4) is 0 Å². The SMILES string of the molecule is CC(=O)COCC(=O)CCC(=O)NCC(=O)CCC(=O)NCCCC(=O)CON. The third-order valence-corrected chi connectivity index (χ3v) is 3.51. The van der Waals surface area contributed by atoms with E-state index in [1.54, 1.807) is 0 Å². The second-order valence-electron chi connectivity index (χ2n) is 6.35. The molecular formula is C18H29N3O8. The van der Waals surface area contributed by atoms with Gasteiger partial charge in [0, 0.05) is 38.6 Å². The molecule has 0 rings (SSSR count). The summed E-state index contributed by atoms with van der Waals surface area (Å²) in [6, 6.07) is 0. The van der Waals surface area contributed by atoms with Crippen LogP contribution in [-0.2, 0) is 38.3 Å². The fourth-order valence-electron chi connectivity index (χ4n) is 2.03. The van der Waals surface area contributed by atoms with E-state index in [2.05, 4.69) is 15.5 Å². The minimum Gasteiger partial charge on any atom is -0.366 e. The summed E-state index contributed by atoms with van der Waals surface area (Å²) >= 11 is 0. The van der Waals surface area contributed by atoms with E-state index < -0.39 is 5.91 Å². The van der Waals surface area contributed by atoms with Gasteiger partial charge in [-0.3, -0.25) is 33.6 Å². The number of ether oxygens (including phenoxy) is 1. The Morgan fingerprint density at radius 2 is 1.31 bits per heavy atom. The molecule has 0 aromatic heterocycles. The van der Waals surface area contributed by atoms with Gasteiger partial charge in [-0.2, -0.15) is 0 Å². The van der Waals surface area contributed by atoms with Gasteiger partial charge < -0.3 is 15.4 Å². The van der Waals surface area contributed by atoms with Gasteiger partial charge in [0.25, 0.3) is 0 Å². The average Bonchev–Trinajstić information content (AvgIpc) is 2.66. The molecule has 0 atom stereocenters. The Morgan fingerprint density at radius 1 is 0.724 bits per heavy atom. The second kappa shape index (κ2) is 16.5. The molecule has 0 aromatic rings. The Morgan fingerprint density at radius 3 is 1.93 bits per heavy atom. The van der Waals surface area contributed by atoms with Gasteiger partial charge >= 0.3 is 0 Å². The largest absolute Gasteiger partial charge is 0.366 e. The van der Waals surface area contributed by atoms with Crippen molar-refractivity contribution in [3.63, 3.8) is 0 Å². The summed E-state index contributed by atoms with van der Waals surface area (Å²) < 4.78 is 4.85. The molecule has 0 unspecified atom stereocenters. The van der Waals surface area contributed by atoms with Crippen molar-refractivity contribution in [2.75, 3.05) is 32.9 Å². The zero-order valence-corrected chi connectivity index (χ0v) is 16.6. The van der Waals surface area contributed by atoms with Crippen molar-refractivity contribution in [2.24, 2.45) is 5.90 Å². The summed E-state index contributed by atoms with van der Waals surface area (Å²) in [6.45, 7) is 0.841. The van der Waals surface area contributed by atoms with Gasteiger partial charge in [0.05, 0.1) is 6.54 Å². The lowest BCUT2D eigenvalue weighted by atomic mass is 10.2. The molecule has 11 heteroatoms. The predicted octanol–water partition coefficient (Wildman–Crippen LogP) is -1.24. The van der Waals surface area contributed by atoms with Crippen molar-refractivity contribution in [3.05, 3.63) is 0 Å².